The van der Waals surface area contributed by atoms with Crippen molar-refractivity contribution in [3.05, 3.63) is 65.2 Å². The van der Waals surface area contributed by atoms with Gasteiger partial charge in [-0.2, -0.15) is 0 Å². The van der Waals surface area contributed by atoms with Crippen LogP contribution in [0.25, 0.3) is 0 Å². The summed E-state index contributed by atoms with van der Waals surface area (Å²) in [5.74, 6) is 0.468. The van der Waals surface area contributed by atoms with Gasteiger partial charge in [0.2, 0.25) is 0 Å². The molecule has 2 amide bonds. The van der Waals surface area contributed by atoms with Crippen LogP contribution in [0, 0.1) is 0 Å². The number of carbonyl (C=O) groups is 2. The molecule has 7 heteroatoms. The number of carbonyl (C=O) groups excluding carboxylic acids is 2. The highest BCUT2D eigenvalue weighted by Crippen LogP contribution is 2.36. The molecule has 1 unspecified atom stereocenters. The van der Waals surface area contributed by atoms with Crippen LogP contribution < -0.4 is 10.5 Å². The molecule has 0 radical (unpaired) electrons. The summed E-state index contributed by atoms with van der Waals surface area (Å²) in [6, 6.07) is 16.5. The van der Waals surface area contributed by atoms with Gasteiger partial charge in [-0.1, -0.05) is 36.4 Å². The lowest BCUT2D eigenvalue weighted by Gasteiger charge is -2.32. The van der Waals surface area contributed by atoms with Gasteiger partial charge >= 0.3 is 12.2 Å². The van der Waals surface area contributed by atoms with E-state index in [2.05, 4.69) is 44.7 Å². The van der Waals surface area contributed by atoms with E-state index >= 15 is 0 Å². The van der Waals surface area contributed by atoms with Crippen LogP contribution in [0.1, 0.15) is 56.7 Å². The van der Waals surface area contributed by atoms with Crippen LogP contribution in [-0.4, -0.2) is 54.7 Å². The highest BCUT2D eigenvalue weighted by Gasteiger charge is 2.24. The monoisotopic (exact) mass is 455 g/mol. The maximum atomic E-state index is 12.4. The number of benzene rings is 2. The van der Waals surface area contributed by atoms with Crippen molar-refractivity contribution in [3.63, 3.8) is 0 Å². The van der Waals surface area contributed by atoms with Crippen LogP contribution in [0.15, 0.2) is 48.5 Å². The second kappa shape index (κ2) is 12.3. The Morgan fingerprint density at radius 3 is 2.15 bits per heavy atom. The molecule has 7 nitrogen and oxygen atoms in total. The Balaban J connectivity index is 2.51. The Morgan fingerprint density at radius 2 is 1.61 bits per heavy atom. The van der Waals surface area contributed by atoms with Gasteiger partial charge in [-0.25, -0.2) is 9.59 Å². The van der Waals surface area contributed by atoms with Crippen LogP contribution >= 0.6 is 0 Å². The lowest BCUT2D eigenvalue weighted by molar-refractivity contribution is 0.150. The Bertz CT molecular complexity index is 905. The molecule has 2 aromatic carbocycles. The minimum absolute atomic E-state index is 0.0234. The summed E-state index contributed by atoms with van der Waals surface area (Å²) >= 11 is 0. The Kier molecular flexibility index (Phi) is 9.73. The van der Waals surface area contributed by atoms with Gasteiger partial charge in [0.1, 0.15) is 12.4 Å². The lowest BCUT2D eigenvalue weighted by atomic mass is 9.86. The first-order valence-corrected chi connectivity index (χ1v) is 11.3. The topological polar surface area (TPSA) is 85.1 Å². The number of nitrogens with zero attached hydrogens (tertiary/aromatic N) is 2. The SMILES string of the molecule is CC(C)N(CCC(c1ccccc1)c1cc(COC(N)=O)ccc1OC(=O)N(C)C)C(C)C. The Morgan fingerprint density at radius 1 is 0.970 bits per heavy atom. The molecule has 1 atom stereocenters. The molecule has 180 valence electrons. The zero-order valence-electron chi connectivity index (χ0n) is 20.6. The summed E-state index contributed by atoms with van der Waals surface area (Å²) in [4.78, 5) is 27.3. The van der Waals surface area contributed by atoms with Gasteiger partial charge < -0.3 is 20.1 Å². The van der Waals surface area contributed by atoms with Gasteiger partial charge in [0, 0.05) is 37.7 Å². The zero-order chi connectivity index (χ0) is 24.5. The first-order chi connectivity index (χ1) is 15.6. The molecule has 0 aliphatic heterocycles. The standard InChI is InChI=1S/C26H37N3O4/c1-18(2)29(19(3)4)15-14-22(21-10-8-7-9-11-21)23-16-20(17-32-25(27)30)12-13-24(23)33-26(31)28(5)6/h7-13,16,18-19,22H,14-15,17H2,1-6H3,(H2,27,30). The fourth-order valence-electron chi connectivity index (χ4n) is 3.97. The van der Waals surface area contributed by atoms with Crippen LogP contribution in [-0.2, 0) is 11.3 Å². The molecule has 0 saturated heterocycles. The molecule has 0 bridgehead atoms. The molecular formula is C26H37N3O4. The number of primary amides is 1. The minimum Gasteiger partial charge on any atom is -0.445 e. The van der Waals surface area contributed by atoms with Crippen LogP contribution in [0.4, 0.5) is 9.59 Å². The van der Waals surface area contributed by atoms with Crippen molar-refractivity contribution in [2.24, 2.45) is 5.73 Å². The van der Waals surface area contributed by atoms with Gasteiger partial charge in [-0.15, -0.1) is 0 Å². The van der Waals surface area contributed by atoms with Crippen molar-refractivity contribution in [2.75, 3.05) is 20.6 Å². The molecule has 0 saturated carbocycles. The predicted molar refractivity (Wildman–Crippen MR) is 130 cm³/mol. The van der Waals surface area contributed by atoms with Crippen molar-refractivity contribution in [3.8, 4) is 5.75 Å². The molecule has 0 fully saturated rings. The summed E-state index contributed by atoms with van der Waals surface area (Å²) in [7, 11) is 3.30. The molecule has 33 heavy (non-hydrogen) atoms. The quantitative estimate of drug-likeness (QED) is 0.546. The molecule has 0 heterocycles. The maximum absolute atomic E-state index is 12.4. The van der Waals surface area contributed by atoms with E-state index in [4.69, 9.17) is 15.2 Å². The van der Waals surface area contributed by atoms with Gasteiger partial charge in [0.05, 0.1) is 0 Å². The summed E-state index contributed by atoms with van der Waals surface area (Å²) in [5, 5.41) is 0. The molecule has 0 spiro atoms. The number of nitrogens with two attached hydrogens (primary N) is 1. The summed E-state index contributed by atoms with van der Waals surface area (Å²) in [5.41, 5.74) is 7.93. The summed E-state index contributed by atoms with van der Waals surface area (Å²) in [6.07, 6.45) is -0.452. The van der Waals surface area contributed by atoms with E-state index < -0.39 is 12.2 Å². The van der Waals surface area contributed by atoms with E-state index in [0.717, 1.165) is 29.7 Å². The van der Waals surface area contributed by atoms with Crippen LogP contribution in [0.5, 0.6) is 5.75 Å². The molecule has 0 aromatic heterocycles. The van der Waals surface area contributed by atoms with Gasteiger partial charge in [-0.05, 0) is 63.9 Å². The predicted octanol–water partition coefficient (Wildman–Crippen LogP) is 4.98. The second-order valence-electron chi connectivity index (χ2n) is 8.92. The smallest absolute Gasteiger partial charge is 0.414 e. The molecule has 0 aliphatic rings. The highest BCUT2D eigenvalue weighted by molar-refractivity contribution is 5.71. The minimum atomic E-state index is -0.830. The van der Waals surface area contributed by atoms with E-state index in [1.165, 1.54) is 4.90 Å². The third-order valence-electron chi connectivity index (χ3n) is 5.60. The van der Waals surface area contributed by atoms with E-state index in [1.54, 1.807) is 26.2 Å². The highest BCUT2D eigenvalue weighted by atomic mass is 16.6. The van der Waals surface area contributed by atoms with Gasteiger partial charge in [0.25, 0.3) is 0 Å². The molecule has 2 N–H and O–H groups in total. The van der Waals surface area contributed by atoms with Gasteiger partial charge in [-0.3, -0.25) is 4.90 Å². The molecule has 2 aromatic rings. The van der Waals surface area contributed by atoms with E-state index in [1.807, 2.05) is 24.3 Å². The first kappa shape index (κ1) is 26.2. The van der Waals surface area contributed by atoms with Gasteiger partial charge in [0.15, 0.2) is 0 Å². The molecule has 0 aliphatic carbocycles. The zero-order valence-corrected chi connectivity index (χ0v) is 20.6. The van der Waals surface area contributed by atoms with Crippen molar-refractivity contribution in [1.29, 1.82) is 0 Å². The van der Waals surface area contributed by atoms with E-state index in [-0.39, 0.29) is 12.5 Å². The third kappa shape index (κ3) is 7.79. The number of hydrogen-bond donors (Lipinski definition) is 1. The normalized spacial score (nSPS) is 12.2. The average Bonchev–Trinajstić information content (AvgIpc) is 2.76. The van der Waals surface area contributed by atoms with Crippen molar-refractivity contribution < 1.29 is 19.1 Å². The van der Waals surface area contributed by atoms with E-state index in [0.29, 0.717) is 17.8 Å². The van der Waals surface area contributed by atoms with Crippen molar-refractivity contribution >= 4 is 12.2 Å². The Hall–Kier alpha value is -3.06. The number of rotatable bonds is 10. The number of hydrogen-bond acceptors (Lipinski definition) is 5. The van der Waals surface area contributed by atoms with Crippen LogP contribution in [0.3, 0.4) is 0 Å². The van der Waals surface area contributed by atoms with E-state index in [9.17, 15) is 9.59 Å². The first-order valence-electron chi connectivity index (χ1n) is 11.3. The maximum Gasteiger partial charge on any atom is 0.414 e. The lowest BCUT2D eigenvalue weighted by Crippen LogP contribution is -2.38. The Labute approximate surface area is 197 Å². The fourth-order valence-corrected chi connectivity index (χ4v) is 3.97. The van der Waals surface area contributed by atoms with Crippen LogP contribution in [0.2, 0.25) is 0 Å². The largest absolute Gasteiger partial charge is 0.445 e. The number of amides is 2. The van der Waals surface area contributed by atoms with Crippen molar-refractivity contribution in [2.45, 2.75) is 58.7 Å². The fraction of sp³-hybridized carbons (Fsp3) is 0.462. The molecular weight excluding hydrogens is 418 g/mol. The molecule has 2 rings (SSSR count). The third-order valence-corrected chi connectivity index (χ3v) is 5.60. The van der Waals surface area contributed by atoms with Crippen molar-refractivity contribution in [1.82, 2.24) is 9.80 Å². The summed E-state index contributed by atoms with van der Waals surface area (Å²) < 4.78 is 10.7. The summed E-state index contributed by atoms with van der Waals surface area (Å²) in [6.45, 7) is 9.72. The average molecular weight is 456 g/mol. The second-order valence-corrected chi connectivity index (χ2v) is 8.92. The number of ether oxygens (including phenoxy) is 2.